The van der Waals surface area contributed by atoms with E-state index in [1.54, 1.807) is 26.5 Å². The van der Waals surface area contributed by atoms with Crippen LogP contribution in [0.3, 0.4) is 0 Å². The second-order valence-corrected chi connectivity index (χ2v) is 8.00. The molecule has 1 aliphatic rings. The molecule has 0 radical (unpaired) electrons. The molecule has 0 saturated carbocycles. The van der Waals surface area contributed by atoms with Crippen molar-refractivity contribution in [2.45, 2.75) is 19.9 Å². The molecule has 2 aromatic heterocycles. The van der Waals surface area contributed by atoms with Gasteiger partial charge in [0, 0.05) is 47.6 Å². The second-order valence-electron chi connectivity index (χ2n) is 6.11. The lowest BCUT2D eigenvalue weighted by Gasteiger charge is -2.39. The Morgan fingerprint density at radius 3 is 2.72 bits per heavy atom. The number of amides is 2. The maximum absolute atomic E-state index is 12.6. The van der Waals surface area contributed by atoms with Crippen LogP contribution in [-0.2, 0) is 4.79 Å². The Labute approximate surface area is 154 Å². The summed E-state index contributed by atoms with van der Waals surface area (Å²) in [6.07, 6.45) is 1.91. The zero-order valence-electron chi connectivity index (χ0n) is 14.1. The summed E-state index contributed by atoms with van der Waals surface area (Å²) in [5, 5.41) is 13.0. The molecule has 0 aromatic carbocycles. The van der Waals surface area contributed by atoms with Crippen LogP contribution in [-0.4, -0.2) is 52.4 Å². The first-order chi connectivity index (χ1) is 12.0. The van der Waals surface area contributed by atoms with Gasteiger partial charge in [-0.1, -0.05) is 6.07 Å². The van der Waals surface area contributed by atoms with E-state index in [0.29, 0.717) is 30.1 Å². The van der Waals surface area contributed by atoms with Gasteiger partial charge in [-0.15, -0.1) is 22.7 Å². The molecule has 2 amide bonds. The van der Waals surface area contributed by atoms with Crippen LogP contribution in [0.5, 0.6) is 5.75 Å². The van der Waals surface area contributed by atoms with Gasteiger partial charge in [0.25, 0.3) is 5.91 Å². The highest BCUT2D eigenvalue weighted by Crippen LogP contribution is 2.24. The van der Waals surface area contributed by atoms with Gasteiger partial charge in [0.15, 0.2) is 0 Å². The third kappa shape index (κ3) is 3.93. The summed E-state index contributed by atoms with van der Waals surface area (Å²) in [6.45, 7) is 5.30. The lowest BCUT2D eigenvalue weighted by molar-refractivity contribution is -0.129. The highest BCUT2D eigenvalue weighted by Gasteiger charge is 2.31. The van der Waals surface area contributed by atoms with Crippen LogP contribution >= 0.6 is 22.7 Å². The van der Waals surface area contributed by atoms with Crippen molar-refractivity contribution in [3.05, 3.63) is 44.3 Å². The molecule has 0 aliphatic carbocycles. The summed E-state index contributed by atoms with van der Waals surface area (Å²) in [7, 11) is 0. The molecule has 1 unspecified atom stereocenters. The van der Waals surface area contributed by atoms with Crippen molar-refractivity contribution in [1.29, 1.82) is 0 Å². The Kier molecular flexibility index (Phi) is 5.24. The van der Waals surface area contributed by atoms with Crippen LogP contribution in [0, 0.1) is 0 Å². The van der Waals surface area contributed by atoms with E-state index in [9.17, 15) is 14.7 Å². The highest BCUT2D eigenvalue weighted by molar-refractivity contribution is 7.12. The topological polar surface area (TPSA) is 60.9 Å². The Balaban J connectivity index is 1.65. The van der Waals surface area contributed by atoms with E-state index >= 15 is 0 Å². The van der Waals surface area contributed by atoms with E-state index in [-0.39, 0.29) is 23.6 Å². The van der Waals surface area contributed by atoms with E-state index in [4.69, 9.17) is 0 Å². The largest absolute Gasteiger partial charge is 0.507 e. The maximum Gasteiger partial charge on any atom is 0.264 e. The molecule has 1 fully saturated rings. The maximum atomic E-state index is 12.6. The van der Waals surface area contributed by atoms with Crippen LogP contribution in [0.2, 0.25) is 0 Å². The summed E-state index contributed by atoms with van der Waals surface area (Å²) in [4.78, 5) is 30.4. The van der Waals surface area contributed by atoms with Crippen molar-refractivity contribution >= 4 is 40.6 Å². The predicted octanol–water partition coefficient (Wildman–Crippen LogP) is 3.29. The number of piperazine rings is 1. The molecule has 25 heavy (non-hydrogen) atoms. The number of hydrogen-bond acceptors (Lipinski definition) is 5. The zero-order chi connectivity index (χ0) is 18.0. The van der Waals surface area contributed by atoms with Crippen LogP contribution in [0.4, 0.5) is 0 Å². The fourth-order valence-corrected chi connectivity index (χ4v) is 4.36. The van der Waals surface area contributed by atoms with Gasteiger partial charge in [-0.05, 0) is 31.4 Å². The van der Waals surface area contributed by atoms with Gasteiger partial charge in [0.05, 0.1) is 4.88 Å². The van der Waals surface area contributed by atoms with Crippen LogP contribution < -0.4 is 0 Å². The summed E-state index contributed by atoms with van der Waals surface area (Å²) in [5.41, 5.74) is 0.706. The van der Waals surface area contributed by atoms with Crippen molar-refractivity contribution in [1.82, 2.24) is 9.80 Å². The molecule has 2 aromatic rings. The number of thiophene rings is 2. The molecule has 132 valence electrons. The molecule has 1 saturated heterocycles. The van der Waals surface area contributed by atoms with E-state index in [0.717, 1.165) is 4.88 Å². The molecule has 3 heterocycles. The monoisotopic (exact) mass is 376 g/mol. The molecule has 3 rings (SSSR count). The normalized spacial score (nSPS) is 18.5. The lowest BCUT2D eigenvalue weighted by Crippen LogP contribution is -2.55. The summed E-state index contributed by atoms with van der Waals surface area (Å²) < 4.78 is 0. The highest BCUT2D eigenvalue weighted by atomic mass is 32.1. The first-order valence-electron chi connectivity index (χ1n) is 8.05. The lowest BCUT2D eigenvalue weighted by atomic mass is 10.1. The molecule has 5 nitrogen and oxygen atoms in total. The SMILES string of the molecule is CC(=Cc1cccs1)C(=O)N1CCN(C(=O)c2cc(O)cs2)C(C)C1. The number of carbonyl (C=O) groups is 2. The van der Waals surface area contributed by atoms with E-state index in [2.05, 4.69) is 0 Å². The number of rotatable bonds is 3. The minimum absolute atomic E-state index is 0.0149. The number of aromatic hydroxyl groups is 1. The summed E-state index contributed by atoms with van der Waals surface area (Å²) in [6, 6.07) is 5.37. The predicted molar refractivity (Wildman–Crippen MR) is 101 cm³/mol. The van der Waals surface area contributed by atoms with Crippen LogP contribution in [0.1, 0.15) is 28.4 Å². The minimum Gasteiger partial charge on any atom is -0.507 e. The van der Waals surface area contributed by atoms with E-state index in [1.807, 2.05) is 37.4 Å². The third-order valence-corrected chi connectivity index (χ3v) is 5.94. The number of nitrogens with zero attached hydrogens (tertiary/aromatic N) is 2. The standard InChI is InChI=1S/C18H20N2O3S2/c1-12(8-15-4-3-7-24-15)17(22)19-5-6-20(13(2)10-19)18(23)16-9-14(21)11-25-16/h3-4,7-9,11,13,21H,5-6,10H2,1-2H3. The quantitative estimate of drug-likeness (QED) is 0.836. The van der Waals surface area contributed by atoms with Gasteiger partial charge >= 0.3 is 0 Å². The van der Waals surface area contributed by atoms with E-state index in [1.165, 1.54) is 17.4 Å². The molecule has 1 N–H and O–H groups in total. The fraction of sp³-hybridized carbons (Fsp3) is 0.333. The van der Waals surface area contributed by atoms with Gasteiger partial charge in [0.2, 0.25) is 5.91 Å². The van der Waals surface area contributed by atoms with E-state index < -0.39 is 0 Å². The molecular formula is C18H20N2O3S2. The van der Waals surface area contributed by atoms with Gasteiger partial charge in [-0.2, -0.15) is 0 Å². The van der Waals surface area contributed by atoms with Gasteiger partial charge in [0.1, 0.15) is 5.75 Å². The average molecular weight is 377 g/mol. The zero-order valence-corrected chi connectivity index (χ0v) is 15.8. The van der Waals surface area contributed by atoms with Gasteiger partial charge in [-0.25, -0.2) is 0 Å². The van der Waals surface area contributed by atoms with Crippen molar-refractivity contribution < 1.29 is 14.7 Å². The minimum atomic E-state index is -0.0873. The summed E-state index contributed by atoms with van der Waals surface area (Å²) in [5.74, 6) is 0.0426. The van der Waals surface area contributed by atoms with Crippen LogP contribution in [0.15, 0.2) is 34.5 Å². The molecule has 0 bridgehead atoms. The van der Waals surface area contributed by atoms with Crippen molar-refractivity contribution in [2.24, 2.45) is 0 Å². The second kappa shape index (κ2) is 7.41. The average Bonchev–Trinajstić information content (AvgIpc) is 3.25. The van der Waals surface area contributed by atoms with Crippen molar-refractivity contribution in [3.8, 4) is 5.75 Å². The fourth-order valence-electron chi connectivity index (χ4n) is 2.92. The summed E-state index contributed by atoms with van der Waals surface area (Å²) >= 11 is 2.84. The number of hydrogen-bond donors (Lipinski definition) is 1. The van der Waals surface area contributed by atoms with Crippen molar-refractivity contribution in [3.63, 3.8) is 0 Å². The molecular weight excluding hydrogens is 356 g/mol. The Hall–Kier alpha value is -2.12. The smallest absolute Gasteiger partial charge is 0.264 e. The van der Waals surface area contributed by atoms with Gasteiger partial charge in [-0.3, -0.25) is 9.59 Å². The number of carbonyl (C=O) groups excluding carboxylic acids is 2. The van der Waals surface area contributed by atoms with Crippen LogP contribution in [0.25, 0.3) is 6.08 Å². The van der Waals surface area contributed by atoms with Gasteiger partial charge < -0.3 is 14.9 Å². The Morgan fingerprint density at radius 2 is 2.12 bits per heavy atom. The molecule has 7 heteroatoms. The Morgan fingerprint density at radius 1 is 1.32 bits per heavy atom. The van der Waals surface area contributed by atoms with Crippen molar-refractivity contribution in [2.75, 3.05) is 19.6 Å². The Bertz CT molecular complexity index is 795. The first kappa shape index (κ1) is 17.7. The molecule has 0 spiro atoms. The molecule has 1 aliphatic heterocycles. The third-order valence-electron chi connectivity index (χ3n) is 4.21. The molecule has 1 atom stereocenters. The first-order valence-corrected chi connectivity index (χ1v) is 9.81.